The van der Waals surface area contributed by atoms with E-state index in [1.807, 2.05) is 0 Å². The largest absolute Gasteiger partial charge is 0.489 e. The molecule has 4 rings (SSSR count). The van der Waals surface area contributed by atoms with Crippen molar-refractivity contribution < 1.29 is 19.4 Å². The molecule has 0 aliphatic heterocycles. The van der Waals surface area contributed by atoms with Crippen LogP contribution in [0.15, 0.2) is 36.4 Å². The van der Waals surface area contributed by atoms with Crippen LogP contribution in [-0.2, 0) is 19.6 Å². The number of aldehydes is 1. The molecule has 0 unspecified atom stereocenters. The number of aromatic amines is 1. The molecule has 0 fully saturated rings. The molecule has 11 heteroatoms. The number of ether oxygens (including phenoxy) is 1. The fourth-order valence-corrected chi connectivity index (χ4v) is 4.05. The van der Waals surface area contributed by atoms with Gasteiger partial charge in [0.25, 0.3) is 0 Å². The number of nitrogens with zero attached hydrogens (tertiary/aromatic N) is 4. The molecular weight excluding hydrogens is 457 g/mol. The number of hydrogen-bond acceptors (Lipinski definition) is 6. The van der Waals surface area contributed by atoms with Gasteiger partial charge in [0.2, 0.25) is 0 Å². The number of nitrogens with one attached hydrogen (secondary N) is 1. The fraction of sp³-hybridized carbons (Fsp3) is 0.190. The Kier molecular flexibility index (Phi) is 6.38. The highest BCUT2D eigenvalue weighted by Crippen LogP contribution is 2.31. The molecule has 0 bridgehead atoms. The third-order valence-corrected chi connectivity index (χ3v) is 5.72. The van der Waals surface area contributed by atoms with Crippen LogP contribution in [0.5, 0.6) is 5.75 Å². The number of hydrogen-bond donors (Lipinski definition) is 2. The number of halogens is 2. The molecular formula is C21H17Cl2N5O4. The van der Waals surface area contributed by atoms with E-state index in [4.69, 9.17) is 27.9 Å². The Morgan fingerprint density at radius 3 is 2.66 bits per heavy atom. The molecule has 0 radical (unpaired) electrons. The zero-order valence-corrected chi connectivity index (χ0v) is 18.1. The first-order chi connectivity index (χ1) is 15.5. The van der Waals surface area contributed by atoms with Crippen LogP contribution < -0.4 is 4.74 Å². The first-order valence-corrected chi connectivity index (χ1v) is 10.4. The van der Waals surface area contributed by atoms with Gasteiger partial charge in [0.15, 0.2) is 12.1 Å². The first kappa shape index (κ1) is 21.8. The maximum Gasteiger partial charge on any atom is 0.353 e. The molecule has 0 aliphatic carbocycles. The number of carboxylic acids is 1. The van der Waals surface area contributed by atoms with E-state index in [1.54, 1.807) is 41.0 Å². The number of carbonyl (C=O) groups is 2. The Bertz CT molecular complexity index is 1270. The Hall–Kier alpha value is -3.43. The van der Waals surface area contributed by atoms with Gasteiger partial charge < -0.3 is 14.4 Å². The second kappa shape index (κ2) is 9.37. The number of aromatic nitrogens is 5. The van der Waals surface area contributed by atoms with Gasteiger partial charge in [-0.3, -0.25) is 4.79 Å². The summed E-state index contributed by atoms with van der Waals surface area (Å²) in [5.74, 6) is -0.200. The van der Waals surface area contributed by atoms with Crippen LogP contribution in [-0.4, -0.2) is 42.6 Å². The Morgan fingerprint density at radius 1 is 1.22 bits per heavy atom. The van der Waals surface area contributed by atoms with Gasteiger partial charge in [-0.05, 0) is 36.8 Å². The molecule has 2 N–H and O–H groups in total. The minimum Gasteiger partial charge on any atom is -0.489 e. The van der Waals surface area contributed by atoms with Crippen LogP contribution in [0.3, 0.4) is 0 Å². The molecule has 2 aromatic heterocycles. The molecule has 0 saturated carbocycles. The highest BCUT2D eigenvalue weighted by Gasteiger charge is 2.22. The summed E-state index contributed by atoms with van der Waals surface area (Å²) in [6, 6.07) is 10.3. The lowest BCUT2D eigenvalue weighted by molar-refractivity contribution is 0.0682. The lowest BCUT2D eigenvalue weighted by Crippen LogP contribution is -2.11. The van der Waals surface area contributed by atoms with Crippen LogP contribution in [0.2, 0.25) is 10.0 Å². The summed E-state index contributed by atoms with van der Waals surface area (Å²) in [6.07, 6.45) is 1.62. The van der Waals surface area contributed by atoms with Crippen molar-refractivity contribution in [3.63, 3.8) is 0 Å². The van der Waals surface area contributed by atoms with E-state index in [-0.39, 0.29) is 17.9 Å². The number of fused-ring (bicyclic) bond motifs is 1. The van der Waals surface area contributed by atoms with Gasteiger partial charge in [-0.2, -0.15) is 5.21 Å². The standard InChI is InChI=1S/C21H17Cl2N5O4/c22-16-3-1-4-17(23)15(16)11-32-12-6-7-18-13(9-12)14(10-29)20(21(30)31)28(18)8-2-5-19-24-26-27-25-19/h1,3-4,6-7,9-10H,2,5,8,11H2,(H,30,31)(H,24,25,26,27). The normalized spacial score (nSPS) is 11.1. The average molecular weight is 474 g/mol. The van der Waals surface area contributed by atoms with Gasteiger partial charge in [-0.15, -0.1) is 10.2 Å². The third-order valence-electron chi connectivity index (χ3n) is 5.01. The smallest absolute Gasteiger partial charge is 0.353 e. The summed E-state index contributed by atoms with van der Waals surface area (Å²) < 4.78 is 7.44. The van der Waals surface area contributed by atoms with E-state index < -0.39 is 5.97 Å². The lowest BCUT2D eigenvalue weighted by atomic mass is 10.1. The minimum atomic E-state index is -1.19. The number of aryl methyl sites for hydroxylation is 2. The Balaban J connectivity index is 1.64. The van der Waals surface area contributed by atoms with Crippen molar-refractivity contribution in [2.24, 2.45) is 0 Å². The Labute approximate surface area is 191 Å². The summed E-state index contributed by atoms with van der Waals surface area (Å²) in [4.78, 5) is 23.8. The average Bonchev–Trinajstić information content (AvgIpc) is 3.39. The minimum absolute atomic E-state index is 0.0746. The molecule has 164 valence electrons. The van der Waals surface area contributed by atoms with E-state index in [0.717, 1.165) is 0 Å². The van der Waals surface area contributed by atoms with Crippen molar-refractivity contribution >= 4 is 46.4 Å². The van der Waals surface area contributed by atoms with Crippen molar-refractivity contribution in [1.82, 2.24) is 25.2 Å². The third kappa shape index (κ3) is 4.30. The summed E-state index contributed by atoms with van der Waals surface area (Å²) in [6.45, 7) is 0.480. The molecule has 0 spiro atoms. The highest BCUT2D eigenvalue weighted by molar-refractivity contribution is 6.35. The molecule has 0 aliphatic rings. The van der Waals surface area contributed by atoms with Gasteiger partial charge in [0, 0.05) is 39.5 Å². The summed E-state index contributed by atoms with van der Waals surface area (Å²) in [5, 5.41) is 24.9. The summed E-state index contributed by atoms with van der Waals surface area (Å²) in [5.41, 5.74) is 1.26. The molecule has 0 atom stereocenters. The van der Waals surface area contributed by atoms with Gasteiger partial charge in [0.1, 0.15) is 18.1 Å². The number of carboxylic acid groups (broad SMARTS) is 1. The first-order valence-electron chi connectivity index (χ1n) is 9.62. The topological polar surface area (TPSA) is 123 Å². The van der Waals surface area contributed by atoms with Crippen molar-refractivity contribution in [2.75, 3.05) is 0 Å². The van der Waals surface area contributed by atoms with E-state index in [0.29, 0.717) is 63.8 Å². The summed E-state index contributed by atoms with van der Waals surface area (Å²) >= 11 is 12.4. The van der Waals surface area contributed by atoms with Gasteiger partial charge in [-0.1, -0.05) is 34.5 Å². The second-order valence-corrected chi connectivity index (χ2v) is 7.75. The molecule has 4 aromatic rings. The quantitative estimate of drug-likeness (QED) is 0.349. The van der Waals surface area contributed by atoms with E-state index in [9.17, 15) is 14.7 Å². The molecule has 32 heavy (non-hydrogen) atoms. The predicted octanol–water partition coefficient (Wildman–Crippen LogP) is 4.18. The maximum absolute atomic E-state index is 12.0. The number of carbonyl (C=O) groups excluding carboxylic acids is 1. The lowest BCUT2D eigenvalue weighted by Gasteiger charge is -2.10. The van der Waals surface area contributed by atoms with Gasteiger partial charge >= 0.3 is 5.97 Å². The Morgan fingerprint density at radius 2 is 2.00 bits per heavy atom. The predicted molar refractivity (Wildman–Crippen MR) is 118 cm³/mol. The van der Waals surface area contributed by atoms with Crippen molar-refractivity contribution in [2.45, 2.75) is 26.0 Å². The molecule has 0 amide bonds. The molecule has 2 heterocycles. The van der Waals surface area contributed by atoms with Crippen LogP contribution in [0.4, 0.5) is 0 Å². The van der Waals surface area contributed by atoms with Crippen LogP contribution in [0.25, 0.3) is 10.9 Å². The second-order valence-electron chi connectivity index (χ2n) is 6.94. The van der Waals surface area contributed by atoms with Crippen molar-refractivity contribution in [3.05, 3.63) is 69.1 Å². The van der Waals surface area contributed by atoms with Gasteiger partial charge in [-0.25, -0.2) is 4.79 Å². The number of benzene rings is 2. The maximum atomic E-state index is 12.0. The van der Waals surface area contributed by atoms with E-state index in [2.05, 4.69) is 20.6 Å². The van der Waals surface area contributed by atoms with E-state index >= 15 is 0 Å². The van der Waals surface area contributed by atoms with E-state index in [1.165, 1.54) is 0 Å². The zero-order valence-electron chi connectivity index (χ0n) is 16.6. The molecule has 2 aromatic carbocycles. The molecule has 9 nitrogen and oxygen atoms in total. The van der Waals surface area contributed by atoms with Crippen LogP contribution in [0, 0.1) is 0 Å². The van der Waals surface area contributed by atoms with Crippen LogP contribution in [0.1, 0.15) is 38.7 Å². The highest BCUT2D eigenvalue weighted by atomic mass is 35.5. The van der Waals surface area contributed by atoms with Gasteiger partial charge in [0.05, 0.1) is 5.56 Å². The van der Waals surface area contributed by atoms with Crippen LogP contribution >= 0.6 is 23.2 Å². The van der Waals surface area contributed by atoms with Crippen molar-refractivity contribution in [3.8, 4) is 5.75 Å². The number of aromatic carboxylic acids is 1. The number of H-pyrrole nitrogens is 1. The monoisotopic (exact) mass is 473 g/mol. The fourth-order valence-electron chi connectivity index (χ4n) is 3.54. The molecule has 0 saturated heterocycles. The SMILES string of the molecule is O=Cc1c(C(=O)O)n(CCCc2nn[nH]n2)c2ccc(OCc3c(Cl)cccc3Cl)cc12. The summed E-state index contributed by atoms with van der Waals surface area (Å²) in [7, 11) is 0. The zero-order chi connectivity index (χ0) is 22.7. The number of tetrazole rings is 1. The number of rotatable bonds is 9. The van der Waals surface area contributed by atoms with Crippen molar-refractivity contribution in [1.29, 1.82) is 0 Å².